The van der Waals surface area contributed by atoms with Crippen molar-refractivity contribution in [2.75, 3.05) is 11.1 Å². The molecule has 6 nitrogen and oxygen atoms in total. The van der Waals surface area contributed by atoms with Crippen molar-refractivity contribution in [3.8, 4) is 11.4 Å². The third kappa shape index (κ3) is 4.70. The molecule has 2 heterocycles. The standard InChI is InChI=1S/C25H25ClN4O2S/c26-20-10-4-3-9-19(20)24-28-29-25(30(24)18-7-1-2-8-18)33-15-22(31)17-12-13-21-16(14-17)6-5-11-23(32)27-21/h3-4,9-10,12-14,18H,1-2,5-8,11,15H2,(H,27,32). The Morgan fingerprint density at radius 1 is 1.09 bits per heavy atom. The highest BCUT2D eigenvalue weighted by molar-refractivity contribution is 7.99. The molecule has 0 atom stereocenters. The van der Waals surface area contributed by atoms with Crippen LogP contribution < -0.4 is 5.32 Å². The highest BCUT2D eigenvalue weighted by atomic mass is 35.5. The van der Waals surface area contributed by atoms with Crippen LogP contribution in [0.15, 0.2) is 47.6 Å². The summed E-state index contributed by atoms with van der Waals surface area (Å²) in [6, 6.07) is 13.6. The van der Waals surface area contributed by atoms with E-state index in [0.717, 1.165) is 53.5 Å². The lowest BCUT2D eigenvalue weighted by Crippen LogP contribution is -2.11. The monoisotopic (exact) mass is 480 g/mol. The van der Waals surface area contributed by atoms with Gasteiger partial charge in [0.1, 0.15) is 0 Å². The molecule has 0 saturated heterocycles. The minimum Gasteiger partial charge on any atom is -0.326 e. The molecule has 1 saturated carbocycles. The Morgan fingerprint density at radius 3 is 2.73 bits per heavy atom. The number of nitrogens with one attached hydrogen (secondary N) is 1. The number of anilines is 1. The van der Waals surface area contributed by atoms with Crippen molar-refractivity contribution in [1.29, 1.82) is 0 Å². The fourth-order valence-electron chi connectivity index (χ4n) is 4.65. The van der Waals surface area contributed by atoms with E-state index in [1.165, 1.54) is 24.6 Å². The fraction of sp³-hybridized carbons (Fsp3) is 0.360. The van der Waals surface area contributed by atoms with Crippen LogP contribution in [-0.4, -0.2) is 32.2 Å². The Labute approximate surface area is 202 Å². The molecule has 2 aromatic carbocycles. The first-order valence-electron chi connectivity index (χ1n) is 11.4. The van der Waals surface area contributed by atoms with Crippen LogP contribution in [0.3, 0.4) is 0 Å². The van der Waals surface area contributed by atoms with Crippen molar-refractivity contribution in [2.45, 2.75) is 56.1 Å². The van der Waals surface area contributed by atoms with Gasteiger partial charge < -0.3 is 5.32 Å². The topological polar surface area (TPSA) is 76.9 Å². The molecule has 8 heteroatoms. The first-order chi connectivity index (χ1) is 16.1. The SMILES string of the molecule is O=C1CCCc2cc(C(=O)CSc3nnc(-c4ccccc4Cl)n3C3CCCC3)ccc2N1. The second-order valence-electron chi connectivity index (χ2n) is 8.58. The van der Waals surface area contributed by atoms with Gasteiger partial charge in [0.15, 0.2) is 16.8 Å². The van der Waals surface area contributed by atoms with Gasteiger partial charge in [-0.05, 0) is 61.6 Å². The summed E-state index contributed by atoms with van der Waals surface area (Å²) >= 11 is 7.89. The van der Waals surface area contributed by atoms with Gasteiger partial charge in [0.25, 0.3) is 0 Å². The number of aryl methyl sites for hydroxylation is 1. The minimum absolute atomic E-state index is 0.0314. The molecule has 0 radical (unpaired) electrons. The van der Waals surface area contributed by atoms with E-state index in [1.54, 1.807) is 6.07 Å². The molecule has 5 rings (SSSR count). The number of nitrogens with zero attached hydrogens (tertiary/aromatic N) is 3. The van der Waals surface area contributed by atoms with E-state index in [9.17, 15) is 9.59 Å². The number of Topliss-reactive ketones (excluding diaryl/α,β-unsaturated/α-hetero) is 1. The smallest absolute Gasteiger partial charge is 0.224 e. The summed E-state index contributed by atoms with van der Waals surface area (Å²) in [4.78, 5) is 24.8. The van der Waals surface area contributed by atoms with Gasteiger partial charge in [-0.1, -0.05) is 48.3 Å². The summed E-state index contributed by atoms with van der Waals surface area (Å²) in [5.74, 6) is 1.12. The zero-order valence-electron chi connectivity index (χ0n) is 18.2. The van der Waals surface area contributed by atoms with Crippen LogP contribution in [0.2, 0.25) is 5.02 Å². The number of carbonyl (C=O) groups excluding carboxylic acids is 2. The molecule has 33 heavy (non-hydrogen) atoms. The fourth-order valence-corrected chi connectivity index (χ4v) is 5.78. The lowest BCUT2D eigenvalue weighted by atomic mass is 10.0. The number of ketones is 1. The van der Waals surface area contributed by atoms with Crippen LogP contribution in [0, 0.1) is 0 Å². The number of hydrogen-bond donors (Lipinski definition) is 1. The molecular weight excluding hydrogens is 456 g/mol. The van der Waals surface area contributed by atoms with Crippen LogP contribution in [0.5, 0.6) is 0 Å². The Bertz CT molecular complexity index is 1200. The number of hydrogen-bond acceptors (Lipinski definition) is 5. The molecule has 1 aromatic heterocycles. The zero-order chi connectivity index (χ0) is 22.8. The van der Waals surface area contributed by atoms with E-state index in [0.29, 0.717) is 23.0 Å². The molecule has 0 bridgehead atoms. The predicted molar refractivity (Wildman–Crippen MR) is 131 cm³/mol. The number of benzene rings is 2. The summed E-state index contributed by atoms with van der Waals surface area (Å²) in [5, 5.41) is 13.3. The van der Waals surface area contributed by atoms with Crippen molar-refractivity contribution in [3.63, 3.8) is 0 Å². The number of halogens is 1. The molecule has 170 valence electrons. The van der Waals surface area contributed by atoms with E-state index in [2.05, 4.69) is 20.1 Å². The van der Waals surface area contributed by atoms with Crippen LogP contribution in [0.25, 0.3) is 11.4 Å². The maximum Gasteiger partial charge on any atom is 0.224 e. The van der Waals surface area contributed by atoms with E-state index < -0.39 is 0 Å². The Kier molecular flexibility index (Phi) is 6.51. The van der Waals surface area contributed by atoms with Crippen LogP contribution in [0.1, 0.15) is 60.5 Å². The van der Waals surface area contributed by atoms with Crippen molar-refractivity contribution in [3.05, 3.63) is 58.6 Å². The first kappa shape index (κ1) is 22.2. The van der Waals surface area contributed by atoms with Gasteiger partial charge in [0, 0.05) is 29.3 Å². The largest absolute Gasteiger partial charge is 0.326 e. The van der Waals surface area contributed by atoms with Gasteiger partial charge in [-0.15, -0.1) is 10.2 Å². The number of amides is 1. The average Bonchev–Trinajstić information content (AvgIpc) is 3.44. The van der Waals surface area contributed by atoms with Gasteiger partial charge in [0.05, 0.1) is 10.8 Å². The average molecular weight is 481 g/mol. The van der Waals surface area contributed by atoms with E-state index in [1.807, 2.05) is 36.4 Å². The Hall–Kier alpha value is -2.64. The predicted octanol–water partition coefficient (Wildman–Crippen LogP) is 5.96. The van der Waals surface area contributed by atoms with Crippen LogP contribution in [-0.2, 0) is 11.2 Å². The Balaban J connectivity index is 1.38. The second kappa shape index (κ2) is 9.69. The van der Waals surface area contributed by atoms with Crippen molar-refractivity contribution in [1.82, 2.24) is 14.8 Å². The van der Waals surface area contributed by atoms with Crippen molar-refractivity contribution < 1.29 is 9.59 Å². The van der Waals surface area contributed by atoms with Crippen LogP contribution in [0.4, 0.5) is 5.69 Å². The normalized spacial score (nSPS) is 16.3. The number of aromatic nitrogens is 3. The summed E-state index contributed by atoms with van der Waals surface area (Å²) in [5.41, 5.74) is 3.36. The molecule has 1 aliphatic carbocycles. The Morgan fingerprint density at radius 2 is 1.91 bits per heavy atom. The van der Waals surface area contributed by atoms with Gasteiger partial charge in [-0.2, -0.15) is 0 Å². The summed E-state index contributed by atoms with van der Waals surface area (Å²) in [6.07, 6.45) is 6.61. The van der Waals surface area contributed by atoms with Crippen molar-refractivity contribution >= 4 is 40.7 Å². The molecule has 1 N–H and O–H groups in total. The summed E-state index contributed by atoms with van der Waals surface area (Å²) < 4.78 is 2.18. The zero-order valence-corrected chi connectivity index (χ0v) is 19.8. The molecule has 0 unspecified atom stereocenters. The molecule has 1 amide bonds. The van der Waals surface area contributed by atoms with Gasteiger partial charge in [-0.25, -0.2) is 0 Å². The molecule has 1 aliphatic heterocycles. The van der Waals surface area contributed by atoms with Gasteiger partial charge in [0.2, 0.25) is 5.91 Å². The second-order valence-corrected chi connectivity index (χ2v) is 9.93. The van der Waals surface area contributed by atoms with Gasteiger partial charge >= 0.3 is 0 Å². The van der Waals surface area contributed by atoms with E-state index in [4.69, 9.17) is 11.6 Å². The number of fused-ring (bicyclic) bond motifs is 1. The van der Waals surface area contributed by atoms with E-state index >= 15 is 0 Å². The number of thioether (sulfide) groups is 1. The molecule has 1 fully saturated rings. The number of carbonyl (C=O) groups is 2. The minimum atomic E-state index is 0.0314. The molecule has 2 aliphatic rings. The third-order valence-corrected chi connectivity index (χ3v) is 7.63. The lowest BCUT2D eigenvalue weighted by Gasteiger charge is -2.17. The van der Waals surface area contributed by atoms with Crippen LogP contribution >= 0.6 is 23.4 Å². The van der Waals surface area contributed by atoms with Crippen molar-refractivity contribution in [2.24, 2.45) is 0 Å². The maximum absolute atomic E-state index is 13.0. The first-order valence-corrected chi connectivity index (χ1v) is 12.7. The van der Waals surface area contributed by atoms with Gasteiger partial charge in [-0.3, -0.25) is 14.2 Å². The quantitative estimate of drug-likeness (QED) is 0.347. The van der Waals surface area contributed by atoms with E-state index in [-0.39, 0.29) is 17.4 Å². The summed E-state index contributed by atoms with van der Waals surface area (Å²) in [7, 11) is 0. The third-order valence-electron chi connectivity index (χ3n) is 6.35. The maximum atomic E-state index is 13.0. The molecule has 3 aromatic rings. The number of rotatable bonds is 6. The summed E-state index contributed by atoms with van der Waals surface area (Å²) in [6.45, 7) is 0. The molecular formula is C25H25ClN4O2S. The highest BCUT2D eigenvalue weighted by Crippen LogP contribution is 2.38. The highest BCUT2D eigenvalue weighted by Gasteiger charge is 2.26. The molecule has 0 spiro atoms. The lowest BCUT2D eigenvalue weighted by molar-refractivity contribution is -0.116.